The van der Waals surface area contributed by atoms with Gasteiger partial charge >= 0.3 is 5.97 Å². The fourth-order valence-electron chi connectivity index (χ4n) is 3.09. The zero-order valence-corrected chi connectivity index (χ0v) is 14.9. The number of ether oxygens (including phenoxy) is 1. The Kier molecular flexibility index (Phi) is 4.77. The molecule has 0 amide bonds. The van der Waals surface area contributed by atoms with Crippen molar-refractivity contribution < 1.29 is 27.1 Å². The fourth-order valence-corrected chi connectivity index (χ4v) is 3.54. The first-order chi connectivity index (χ1) is 12.2. The molecule has 7 heteroatoms. The number of benzene rings is 2. The predicted octanol–water partition coefficient (Wildman–Crippen LogP) is 3.59. The average Bonchev–Trinajstić information content (AvgIpc) is 2.75. The molecule has 1 atom stereocenters. The average molecular weight is 377 g/mol. The van der Waals surface area contributed by atoms with Gasteiger partial charge in [0.05, 0.1) is 5.57 Å². The first-order valence-corrected chi connectivity index (χ1v) is 9.02. The lowest BCUT2D eigenvalue weighted by molar-refractivity contribution is -0.141. The van der Waals surface area contributed by atoms with E-state index in [4.69, 9.17) is 4.74 Å². The van der Waals surface area contributed by atoms with Crippen molar-refractivity contribution in [2.24, 2.45) is 0 Å². The first-order valence-electron chi connectivity index (χ1n) is 7.78. The van der Waals surface area contributed by atoms with Gasteiger partial charge in [0.25, 0.3) is 0 Å². The number of cyclic esters (lactones) is 1. The summed E-state index contributed by atoms with van der Waals surface area (Å²) in [6, 6.07) is 9.43. The van der Waals surface area contributed by atoms with E-state index in [2.05, 4.69) is 0 Å². The maximum atomic E-state index is 14.7. The lowest BCUT2D eigenvalue weighted by Gasteiger charge is -2.22. The van der Waals surface area contributed by atoms with Crippen molar-refractivity contribution in [3.05, 3.63) is 70.8 Å². The Hall–Kier alpha value is -2.38. The van der Waals surface area contributed by atoms with Gasteiger partial charge in [-0.1, -0.05) is 35.3 Å². The summed E-state index contributed by atoms with van der Waals surface area (Å²) in [5.74, 6) is -2.19. The number of rotatable bonds is 4. The van der Waals surface area contributed by atoms with Crippen molar-refractivity contribution in [3.63, 3.8) is 0 Å². The van der Waals surface area contributed by atoms with E-state index in [0.29, 0.717) is 11.1 Å². The highest BCUT2D eigenvalue weighted by molar-refractivity contribution is 7.78. The van der Waals surface area contributed by atoms with Crippen molar-refractivity contribution in [2.45, 2.75) is 25.2 Å². The minimum atomic E-state index is -2.34. The molecule has 136 valence electrons. The SMILES string of the molecule is CC1(C)OC(=O)C(c2cccc(F)c2)=C1c1ccc(CS(=O)[O-])cc1F. The number of esters is 1. The maximum Gasteiger partial charge on any atom is 0.340 e. The second kappa shape index (κ2) is 6.74. The molecule has 1 aliphatic rings. The fraction of sp³-hybridized carbons (Fsp3) is 0.211. The monoisotopic (exact) mass is 377 g/mol. The molecule has 0 N–H and O–H groups in total. The molecule has 26 heavy (non-hydrogen) atoms. The standard InChI is InChI=1S/C19H16F2O4S/c1-19(2)17(14-7-6-11(8-15(14)21)10-26(23)24)16(18(22)25-19)12-4-3-5-13(20)9-12/h3-9H,10H2,1-2H3,(H,23,24)/p-1. The zero-order valence-electron chi connectivity index (χ0n) is 14.0. The van der Waals surface area contributed by atoms with E-state index in [1.165, 1.54) is 30.3 Å². The van der Waals surface area contributed by atoms with Gasteiger partial charge in [-0.05, 0) is 43.2 Å². The molecular weight excluding hydrogens is 362 g/mol. The summed E-state index contributed by atoms with van der Waals surface area (Å²) in [5.41, 5.74) is -0.0487. The third-order valence-electron chi connectivity index (χ3n) is 4.10. The van der Waals surface area contributed by atoms with Gasteiger partial charge < -0.3 is 9.29 Å². The van der Waals surface area contributed by atoms with Gasteiger partial charge in [0.2, 0.25) is 0 Å². The molecule has 0 aromatic heterocycles. The number of carbonyl (C=O) groups excluding carboxylic acids is 1. The smallest absolute Gasteiger partial charge is 0.340 e. The van der Waals surface area contributed by atoms with Gasteiger partial charge in [0, 0.05) is 16.9 Å². The number of halogens is 2. The van der Waals surface area contributed by atoms with E-state index in [1.54, 1.807) is 19.9 Å². The van der Waals surface area contributed by atoms with Gasteiger partial charge in [-0.25, -0.2) is 13.6 Å². The van der Waals surface area contributed by atoms with Crippen LogP contribution in [0.3, 0.4) is 0 Å². The molecule has 0 aliphatic carbocycles. The third-order valence-corrected chi connectivity index (χ3v) is 4.67. The molecule has 4 nitrogen and oxygen atoms in total. The zero-order chi connectivity index (χ0) is 19.1. The van der Waals surface area contributed by atoms with Crippen LogP contribution in [0.15, 0.2) is 42.5 Å². The Morgan fingerprint density at radius 3 is 2.50 bits per heavy atom. The minimum Gasteiger partial charge on any atom is -0.772 e. The van der Waals surface area contributed by atoms with Crippen LogP contribution in [0.4, 0.5) is 8.78 Å². The third kappa shape index (κ3) is 3.45. The molecule has 0 radical (unpaired) electrons. The normalized spacial score (nSPS) is 17.3. The molecule has 2 aromatic rings. The van der Waals surface area contributed by atoms with E-state index >= 15 is 0 Å². The van der Waals surface area contributed by atoms with Gasteiger partial charge in [0.1, 0.15) is 17.2 Å². The number of hydrogen-bond donors (Lipinski definition) is 0. The lowest BCUT2D eigenvalue weighted by Crippen LogP contribution is -2.22. The van der Waals surface area contributed by atoms with Crippen molar-refractivity contribution in [1.82, 2.24) is 0 Å². The number of hydrogen-bond acceptors (Lipinski definition) is 4. The topological polar surface area (TPSA) is 66.4 Å². The summed E-state index contributed by atoms with van der Waals surface area (Å²) in [6.07, 6.45) is 0. The van der Waals surface area contributed by atoms with E-state index in [0.717, 1.165) is 6.07 Å². The molecule has 1 heterocycles. The Balaban J connectivity index is 2.21. The molecule has 1 aliphatic heterocycles. The van der Waals surface area contributed by atoms with E-state index < -0.39 is 34.3 Å². The van der Waals surface area contributed by atoms with E-state index in [-0.39, 0.29) is 22.5 Å². The van der Waals surface area contributed by atoms with Gasteiger partial charge in [-0.3, -0.25) is 4.21 Å². The second-order valence-corrected chi connectivity index (χ2v) is 7.32. The summed E-state index contributed by atoms with van der Waals surface area (Å²) in [4.78, 5) is 12.4. The summed E-state index contributed by atoms with van der Waals surface area (Å²) in [7, 11) is 0. The highest BCUT2D eigenvalue weighted by Gasteiger charge is 2.42. The van der Waals surface area contributed by atoms with E-state index in [9.17, 15) is 22.3 Å². The predicted molar refractivity (Wildman–Crippen MR) is 92.4 cm³/mol. The molecule has 2 aromatic carbocycles. The van der Waals surface area contributed by atoms with Gasteiger partial charge in [-0.15, -0.1) is 0 Å². The Labute approximate surface area is 151 Å². The summed E-state index contributed by atoms with van der Waals surface area (Å²) in [5, 5.41) is 0. The molecule has 3 rings (SSSR count). The Morgan fingerprint density at radius 2 is 1.88 bits per heavy atom. The molecule has 0 saturated carbocycles. The summed E-state index contributed by atoms with van der Waals surface area (Å²) < 4.78 is 55.3. The minimum absolute atomic E-state index is 0.0913. The molecule has 0 spiro atoms. The van der Waals surface area contributed by atoms with Crippen LogP contribution in [-0.2, 0) is 26.4 Å². The van der Waals surface area contributed by atoms with Gasteiger partial charge in [-0.2, -0.15) is 0 Å². The molecular formula is C19H15F2O4S-. The molecule has 0 saturated heterocycles. The highest BCUT2D eigenvalue weighted by atomic mass is 32.2. The molecule has 0 bridgehead atoms. The summed E-state index contributed by atoms with van der Waals surface area (Å²) >= 11 is -2.34. The largest absolute Gasteiger partial charge is 0.772 e. The van der Waals surface area contributed by atoms with Crippen LogP contribution in [0.25, 0.3) is 11.1 Å². The van der Waals surface area contributed by atoms with Crippen LogP contribution in [0, 0.1) is 11.6 Å². The van der Waals surface area contributed by atoms with Crippen LogP contribution in [0.1, 0.15) is 30.5 Å². The lowest BCUT2D eigenvalue weighted by atomic mass is 9.86. The van der Waals surface area contributed by atoms with Gasteiger partial charge in [0.15, 0.2) is 0 Å². The van der Waals surface area contributed by atoms with Crippen LogP contribution in [0.2, 0.25) is 0 Å². The van der Waals surface area contributed by atoms with Crippen LogP contribution < -0.4 is 0 Å². The van der Waals surface area contributed by atoms with Crippen LogP contribution in [-0.4, -0.2) is 20.3 Å². The van der Waals surface area contributed by atoms with Crippen molar-refractivity contribution in [2.75, 3.05) is 0 Å². The molecule has 0 fully saturated rings. The Morgan fingerprint density at radius 1 is 1.15 bits per heavy atom. The van der Waals surface area contributed by atoms with Crippen molar-refractivity contribution in [1.29, 1.82) is 0 Å². The quantitative estimate of drug-likeness (QED) is 0.603. The summed E-state index contributed by atoms with van der Waals surface area (Å²) in [6.45, 7) is 3.24. The molecule has 1 unspecified atom stereocenters. The number of carbonyl (C=O) groups is 1. The van der Waals surface area contributed by atoms with E-state index in [1.807, 2.05) is 0 Å². The van der Waals surface area contributed by atoms with Crippen LogP contribution >= 0.6 is 0 Å². The first kappa shape index (κ1) is 18.4. The van der Waals surface area contributed by atoms with Crippen molar-refractivity contribution in [3.8, 4) is 0 Å². The Bertz CT molecular complexity index is 950. The maximum absolute atomic E-state index is 14.7. The van der Waals surface area contributed by atoms with Crippen molar-refractivity contribution >= 4 is 28.2 Å². The second-order valence-electron chi connectivity index (χ2n) is 6.42. The highest BCUT2D eigenvalue weighted by Crippen LogP contribution is 2.44. The van der Waals surface area contributed by atoms with Crippen LogP contribution in [0.5, 0.6) is 0 Å².